The third kappa shape index (κ3) is 4.74. The van der Waals surface area contributed by atoms with Crippen LogP contribution in [0.25, 0.3) is 0 Å². The van der Waals surface area contributed by atoms with Crippen molar-refractivity contribution >= 4 is 0 Å². The van der Waals surface area contributed by atoms with Gasteiger partial charge < -0.3 is 19.3 Å². The largest absolute Gasteiger partial charge is 0.394 e. The number of hydrogen-bond donors (Lipinski definition) is 1. The number of aromatic nitrogens is 2. The van der Waals surface area contributed by atoms with Gasteiger partial charge in [-0.2, -0.15) is 0 Å². The fourth-order valence-electron chi connectivity index (χ4n) is 3.63. The zero-order valence-electron chi connectivity index (χ0n) is 16.5. The molecule has 1 aliphatic rings. The van der Waals surface area contributed by atoms with E-state index in [1.807, 2.05) is 95.6 Å². The molecule has 152 valence electrons. The van der Waals surface area contributed by atoms with Crippen molar-refractivity contribution in [3.63, 3.8) is 0 Å². The van der Waals surface area contributed by atoms with Crippen LogP contribution in [-0.2, 0) is 34.5 Å². The van der Waals surface area contributed by atoms with E-state index in [1.165, 1.54) is 0 Å². The van der Waals surface area contributed by atoms with E-state index in [-0.39, 0.29) is 25.0 Å². The molecule has 6 nitrogen and oxygen atoms in total. The summed E-state index contributed by atoms with van der Waals surface area (Å²) in [6, 6.07) is 20.0. The Morgan fingerprint density at radius 2 is 1.52 bits per heavy atom. The van der Waals surface area contributed by atoms with Crippen LogP contribution >= 0.6 is 0 Å². The number of ether oxygens (including phenoxy) is 3. The van der Waals surface area contributed by atoms with Crippen LogP contribution in [0.2, 0.25) is 0 Å². The summed E-state index contributed by atoms with van der Waals surface area (Å²) in [6.07, 6.45) is 4.25. The van der Waals surface area contributed by atoms with E-state index >= 15 is 0 Å². The fraction of sp³-hybridized carbons (Fsp3) is 0.348. The van der Waals surface area contributed by atoms with E-state index in [1.54, 1.807) is 0 Å². The molecule has 0 radical (unpaired) electrons. The summed E-state index contributed by atoms with van der Waals surface area (Å²) in [6.45, 7) is 0.749. The van der Waals surface area contributed by atoms with E-state index in [2.05, 4.69) is 0 Å². The molecule has 1 N–H and O–H groups in total. The average Bonchev–Trinajstić information content (AvgIpc) is 3.35. The summed E-state index contributed by atoms with van der Waals surface area (Å²) >= 11 is 0. The van der Waals surface area contributed by atoms with Gasteiger partial charge in [0, 0.05) is 0 Å². The molecule has 1 aromatic heterocycles. The van der Waals surface area contributed by atoms with E-state index < -0.39 is 6.10 Å². The van der Waals surface area contributed by atoms with E-state index in [0.717, 1.165) is 11.1 Å². The molecule has 6 heteroatoms. The number of benzene rings is 2. The zero-order chi connectivity index (χ0) is 20.1. The van der Waals surface area contributed by atoms with Gasteiger partial charge in [-0.05, 0) is 11.1 Å². The Hall–Kier alpha value is -2.51. The molecule has 29 heavy (non-hydrogen) atoms. The Bertz CT molecular complexity index is 884. The molecule has 1 aliphatic heterocycles. The summed E-state index contributed by atoms with van der Waals surface area (Å²) < 4.78 is 22.6. The number of imidazole rings is 1. The lowest BCUT2D eigenvalue weighted by Crippen LogP contribution is -2.38. The normalized spacial score (nSPS) is 24.1. The monoisotopic (exact) mass is 395 g/mol. The maximum atomic E-state index is 9.93. The summed E-state index contributed by atoms with van der Waals surface area (Å²) in [5.74, 6) is 0. The number of nitrogens with zero attached hydrogens (tertiary/aromatic N) is 2. The van der Waals surface area contributed by atoms with Crippen molar-refractivity contribution < 1.29 is 23.9 Å². The van der Waals surface area contributed by atoms with Crippen molar-refractivity contribution in [1.82, 2.24) is 4.57 Å². The Morgan fingerprint density at radius 3 is 2.03 bits per heavy atom. The lowest BCUT2D eigenvalue weighted by Gasteiger charge is -2.23. The first-order valence-corrected chi connectivity index (χ1v) is 9.84. The highest BCUT2D eigenvalue weighted by Gasteiger charge is 2.49. The number of rotatable bonds is 8. The SMILES string of the molecule is C[n+]1ccn([C@@H]2O[C@H](CO)[C@@H](OCc3ccccc3)[C@@H]2OCc2ccccc2)c1. The van der Waals surface area contributed by atoms with Crippen molar-refractivity contribution in [1.29, 1.82) is 0 Å². The van der Waals surface area contributed by atoms with Crippen LogP contribution in [0.1, 0.15) is 17.4 Å². The summed E-state index contributed by atoms with van der Waals surface area (Å²) in [5, 5.41) is 9.93. The van der Waals surface area contributed by atoms with Crippen LogP contribution < -0.4 is 4.57 Å². The third-order valence-electron chi connectivity index (χ3n) is 5.12. The maximum Gasteiger partial charge on any atom is 0.245 e. The Labute approximate surface area is 170 Å². The van der Waals surface area contributed by atoms with Crippen molar-refractivity contribution in [3.8, 4) is 0 Å². The van der Waals surface area contributed by atoms with Gasteiger partial charge in [-0.3, -0.25) is 0 Å². The average molecular weight is 395 g/mol. The minimum atomic E-state index is -0.461. The highest BCUT2D eigenvalue weighted by Crippen LogP contribution is 2.34. The van der Waals surface area contributed by atoms with Gasteiger partial charge >= 0.3 is 0 Å². The molecule has 4 rings (SSSR count). The van der Waals surface area contributed by atoms with E-state index in [4.69, 9.17) is 14.2 Å². The fourth-order valence-corrected chi connectivity index (χ4v) is 3.63. The van der Waals surface area contributed by atoms with Crippen LogP contribution in [0.3, 0.4) is 0 Å². The topological polar surface area (TPSA) is 56.7 Å². The predicted molar refractivity (Wildman–Crippen MR) is 107 cm³/mol. The van der Waals surface area contributed by atoms with Crippen molar-refractivity contribution in [2.24, 2.45) is 7.05 Å². The van der Waals surface area contributed by atoms with Gasteiger partial charge in [0.2, 0.25) is 12.6 Å². The first kappa shape index (κ1) is 19.8. The first-order chi connectivity index (χ1) is 14.2. The summed E-state index contributed by atoms with van der Waals surface area (Å²) in [7, 11) is 1.96. The quantitative estimate of drug-likeness (QED) is 0.595. The molecular formula is C23H27N2O4+. The second-order valence-electron chi connectivity index (χ2n) is 7.30. The second-order valence-corrected chi connectivity index (χ2v) is 7.30. The number of aryl methyl sites for hydroxylation is 1. The number of hydrogen-bond acceptors (Lipinski definition) is 4. The van der Waals surface area contributed by atoms with Crippen molar-refractivity contribution in [2.45, 2.75) is 37.8 Å². The van der Waals surface area contributed by atoms with Crippen LogP contribution in [0, 0.1) is 0 Å². The van der Waals surface area contributed by atoms with Crippen LogP contribution in [0.4, 0.5) is 0 Å². The molecule has 0 saturated carbocycles. The highest BCUT2D eigenvalue weighted by molar-refractivity contribution is 5.14. The van der Waals surface area contributed by atoms with Gasteiger partial charge in [0.05, 0.1) is 26.9 Å². The summed E-state index contributed by atoms with van der Waals surface area (Å²) in [4.78, 5) is 0. The molecule has 0 spiro atoms. The molecular weight excluding hydrogens is 368 g/mol. The second kappa shape index (κ2) is 9.33. The Morgan fingerprint density at radius 1 is 0.931 bits per heavy atom. The first-order valence-electron chi connectivity index (χ1n) is 9.84. The van der Waals surface area contributed by atoms with Crippen LogP contribution in [-0.4, -0.2) is 34.6 Å². The molecule has 2 heterocycles. The molecule has 0 amide bonds. The molecule has 0 aliphatic carbocycles. The lowest BCUT2D eigenvalue weighted by atomic mass is 10.1. The van der Waals surface area contributed by atoms with Gasteiger partial charge in [-0.25, -0.2) is 9.13 Å². The molecule has 0 unspecified atom stereocenters. The lowest BCUT2D eigenvalue weighted by molar-refractivity contribution is -0.671. The molecule has 2 aromatic carbocycles. The highest BCUT2D eigenvalue weighted by atomic mass is 16.6. The minimum absolute atomic E-state index is 0.130. The smallest absolute Gasteiger partial charge is 0.245 e. The third-order valence-corrected chi connectivity index (χ3v) is 5.12. The van der Waals surface area contributed by atoms with Crippen molar-refractivity contribution in [2.75, 3.05) is 6.61 Å². The standard InChI is InChI=1S/C23H27N2O4/c1-24-12-13-25(17-24)23-22(28-16-19-10-6-3-7-11-19)21(20(14-26)29-23)27-15-18-8-4-2-5-9-18/h2-13,17,20-23,26H,14-16H2,1H3/q+1/t20-,21-,22+,23-/m1/s1. The van der Waals surface area contributed by atoms with Crippen LogP contribution in [0.15, 0.2) is 79.4 Å². The van der Waals surface area contributed by atoms with E-state index in [9.17, 15) is 5.11 Å². The van der Waals surface area contributed by atoms with Crippen molar-refractivity contribution in [3.05, 3.63) is 90.5 Å². The van der Waals surface area contributed by atoms with Gasteiger partial charge in [-0.15, -0.1) is 0 Å². The number of aliphatic hydroxyl groups is 1. The zero-order valence-corrected chi connectivity index (χ0v) is 16.5. The molecule has 3 aromatic rings. The Kier molecular flexibility index (Phi) is 6.36. The van der Waals surface area contributed by atoms with Gasteiger partial charge in [0.15, 0.2) is 6.10 Å². The molecule has 1 saturated heterocycles. The predicted octanol–water partition coefficient (Wildman–Crippen LogP) is 2.37. The van der Waals surface area contributed by atoms with Gasteiger partial charge in [-0.1, -0.05) is 60.7 Å². The molecule has 0 bridgehead atoms. The molecule has 4 atom stereocenters. The Balaban J connectivity index is 1.54. The van der Waals surface area contributed by atoms with Gasteiger partial charge in [0.1, 0.15) is 24.6 Å². The van der Waals surface area contributed by atoms with Gasteiger partial charge in [0.25, 0.3) is 0 Å². The van der Waals surface area contributed by atoms with Crippen LogP contribution in [0.5, 0.6) is 0 Å². The molecule has 1 fully saturated rings. The van der Waals surface area contributed by atoms with E-state index in [0.29, 0.717) is 13.2 Å². The number of aliphatic hydroxyl groups excluding tert-OH is 1. The minimum Gasteiger partial charge on any atom is -0.394 e. The summed E-state index contributed by atoms with van der Waals surface area (Å²) in [5.41, 5.74) is 2.15. The maximum absolute atomic E-state index is 9.93.